The summed E-state index contributed by atoms with van der Waals surface area (Å²) in [6.07, 6.45) is 0.908. The molecule has 4 nitrogen and oxygen atoms in total. The number of hydrogen-bond donors (Lipinski definition) is 1. The molecule has 1 amide bonds. The normalized spacial score (nSPS) is 23.4. The molecule has 0 saturated carbocycles. The lowest BCUT2D eigenvalue weighted by Gasteiger charge is -2.33. The first-order chi connectivity index (χ1) is 9.71. The Balaban J connectivity index is 1.91. The lowest BCUT2D eigenvalue weighted by Crippen LogP contribution is -2.51. The summed E-state index contributed by atoms with van der Waals surface area (Å²) < 4.78 is 6.18. The van der Waals surface area contributed by atoms with Crippen LogP contribution in [0.15, 0.2) is 18.2 Å². The first kappa shape index (κ1) is 14.6. The standard InChI is InChI=1S/C16H23BN2O2/c1-15(2)16(3,4)21-17(18-15)12-6-7-13-11(10-12)8-9-19(5)14(13)20/h6-7,10,18H,8-9H2,1-5H3. The van der Waals surface area contributed by atoms with Gasteiger partial charge in [-0.15, -0.1) is 0 Å². The molecule has 1 fully saturated rings. The Morgan fingerprint density at radius 3 is 2.62 bits per heavy atom. The molecule has 112 valence electrons. The van der Waals surface area contributed by atoms with Gasteiger partial charge < -0.3 is 14.8 Å². The Bertz CT molecular complexity index is 582. The molecule has 0 unspecified atom stereocenters. The summed E-state index contributed by atoms with van der Waals surface area (Å²) in [6.45, 7) is 9.31. The Hall–Kier alpha value is -1.33. The van der Waals surface area contributed by atoms with Gasteiger partial charge in [-0.25, -0.2) is 0 Å². The number of carbonyl (C=O) groups is 1. The van der Waals surface area contributed by atoms with Gasteiger partial charge in [-0.1, -0.05) is 12.1 Å². The maximum atomic E-state index is 12.1. The molecule has 2 heterocycles. The van der Waals surface area contributed by atoms with E-state index in [1.807, 2.05) is 19.2 Å². The van der Waals surface area contributed by atoms with Gasteiger partial charge in [0, 0.05) is 24.7 Å². The fourth-order valence-electron chi connectivity index (χ4n) is 2.91. The molecule has 2 aliphatic rings. The highest BCUT2D eigenvalue weighted by Gasteiger charge is 2.49. The van der Waals surface area contributed by atoms with Crippen molar-refractivity contribution in [1.82, 2.24) is 10.1 Å². The highest BCUT2D eigenvalue weighted by atomic mass is 16.5. The Morgan fingerprint density at radius 1 is 1.29 bits per heavy atom. The predicted molar refractivity (Wildman–Crippen MR) is 84.9 cm³/mol. The summed E-state index contributed by atoms with van der Waals surface area (Å²) in [4.78, 5) is 13.9. The average molecular weight is 286 g/mol. The van der Waals surface area contributed by atoms with Crippen LogP contribution in [-0.4, -0.2) is 42.6 Å². The van der Waals surface area contributed by atoms with Crippen LogP contribution in [0.25, 0.3) is 0 Å². The minimum absolute atomic E-state index is 0.0936. The first-order valence-electron chi connectivity index (χ1n) is 7.55. The molecule has 0 atom stereocenters. The van der Waals surface area contributed by atoms with E-state index in [9.17, 15) is 4.79 Å². The van der Waals surface area contributed by atoms with Crippen LogP contribution in [0.3, 0.4) is 0 Å². The van der Waals surface area contributed by atoms with Crippen molar-refractivity contribution < 1.29 is 9.45 Å². The van der Waals surface area contributed by atoms with E-state index in [0.717, 1.165) is 29.6 Å². The molecule has 2 aliphatic heterocycles. The maximum absolute atomic E-state index is 12.1. The molecular weight excluding hydrogens is 263 g/mol. The van der Waals surface area contributed by atoms with Crippen molar-refractivity contribution in [2.24, 2.45) is 0 Å². The molecule has 1 aromatic carbocycles. The number of amides is 1. The minimum atomic E-state index is -0.233. The second-order valence-corrected chi connectivity index (χ2v) is 7.17. The predicted octanol–water partition coefficient (Wildman–Crippen LogP) is 1.19. The molecule has 0 aliphatic carbocycles. The lowest BCUT2D eigenvalue weighted by molar-refractivity contribution is 0.0749. The van der Waals surface area contributed by atoms with Gasteiger partial charge in [0.15, 0.2) is 0 Å². The van der Waals surface area contributed by atoms with Crippen molar-refractivity contribution in [2.45, 2.75) is 45.3 Å². The highest BCUT2D eigenvalue weighted by Crippen LogP contribution is 2.31. The Morgan fingerprint density at radius 2 is 2.00 bits per heavy atom. The summed E-state index contributed by atoms with van der Waals surface area (Å²) in [5.74, 6) is 0.115. The summed E-state index contributed by atoms with van der Waals surface area (Å²) in [7, 11) is 1.74. The summed E-state index contributed by atoms with van der Waals surface area (Å²) in [5, 5.41) is 3.55. The number of nitrogens with zero attached hydrogens (tertiary/aromatic N) is 1. The van der Waals surface area contributed by atoms with Crippen LogP contribution in [-0.2, 0) is 11.1 Å². The fraction of sp³-hybridized carbons (Fsp3) is 0.562. The van der Waals surface area contributed by atoms with Crippen molar-refractivity contribution in [1.29, 1.82) is 0 Å². The highest BCUT2D eigenvalue weighted by molar-refractivity contribution is 6.66. The Kier molecular flexibility index (Phi) is 3.19. The molecule has 0 spiro atoms. The first-order valence-corrected chi connectivity index (χ1v) is 7.55. The molecule has 1 N–H and O–H groups in total. The number of nitrogens with one attached hydrogen (secondary N) is 1. The van der Waals surface area contributed by atoms with Crippen LogP contribution < -0.4 is 10.7 Å². The number of rotatable bonds is 1. The third-order valence-electron chi connectivity index (χ3n) is 5.14. The SMILES string of the molecule is CN1CCc2cc(B3NC(C)(C)C(C)(C)O3)ccc2C1=O. The third-order valence-corrected chi connectivity index (χ3v) is 5.14. The smallest absolute Gasteiger partial charge is 0.411 e. The van der Waals surface area contributed by atoms with Gasteiger partial charge in [0.2, 0.25) is 0 Å². The second-order valence-electron chi connectivity index (χ2n) is 7.17. The van der Waals surface area contributed by atoms with Gasteiger partial charge in [-0.05, 0) is 51.2 Å². The molecule has 21 heavy (non-hydrogen) atoms. The van der Waals surface area contributed by atoms with E-state index in [0.29, 0.717) is 0 Å². The molecule has 0 radical (unpaired) electrons. The van der Waals surface area contributed by atoms with Crippen molar-refractivity contribution in [2.75, 3.05) is 13.6 Å². The zero-order valence-electron chi connectivity index (χ0n) is 13.5. The summed E-state index contributed by atoms with van der Waals surface area (Å²) in [5.41, 5.74) is 2.73. The van der Waals surface area contributed by atoms with Crippen molar-refractivity contribution >= 4 is 18.4 Å². The summed E-state index contributed by atoms with van der Waals surface area (Å²) in [6, 6.07) is 6.06. The topological polar surface area (TPSA) is 41.6 Å². The number of benzene rings is 1. The number of carbonyl (C=O) groups excluding carboxylic acids is 1. The number of hydrogen-bond acceptors (Lipinski definition) is 3. The van der Waals surface area contributed by atoms with Crippen LogP contribution in [0.2, 0.25) is 0 Å². The molecule has 0 bridgehead atoms. The average Bonchev–Trinajstić information content (AvgIpc) is 2.63. The molecular formula is C16H23BN2O2. The van der Waals surface area contributed by atoms with E-state index in [1.54, 1.807) is 4.90 Å². The number of fused-ring (bicyclic) bond motifs is 1. The van der Waals surface area contributed by atoms with E-state index in [1.165, 1.54) is 0 Å². The lowest BCUT2D eigenvalue weighted by atomic mass is 9.72. The Labute approximate surface area is 127 Å². The van der Waals surface area contributed by atoms with Crippen LogP contribution in [0, 0.1) is 0 Å². The zero-order chi connectivity index (χ0) is 15.4. The zero-order valence-corrected chi connectivity index (χ0v) is 13.5. The minimum Gasteiger partial charge on any atom is -0.411 e. The summed E-state index contributed by atoms with van der Waals surface area (Å²) >= 11 is 0. The van der Waals surface area contributed by atoms with Gasteiger partial charge in [0.05, 0.1) is 5.60 Å². The van der Waals surface area contributed by atoms with Gasteiger partial charge in [-0.2, -0.15) is 0 Å². The monoisotopic (exact) mass is 286 g/mol. The largest absolute Gasteiger partial charge is 0.416 e. The molecule has 1 aromatic rings. The van der Waals surface area contributed by atoms with E-state index >= 15 is 0 Å². The number of likely N-dealkylation sites (N-methyl/N-ethyl adjacent to an activating group) is 1. The van der Waals surface area contributed by atoms with E-state index in [-0.39, 0.29) is 24.1 Å². The van der Waals surface area contributed by atoms with Crippen molar-refractivity contribution in [3.05, 3.63) is 29.3 Å². The van der Waals surface area contributed by atoms with Gasteiger partial charge in [-0.3, -0.25) is 4.79 Å². The maximum Gasteiger partial charge on any atom is 0.416 e. The molecule has 0 aromatic heterocycles. The van der Waals surface area contributed by atoms with Crippen LogP contribution >= 0.6 is 0 Å². The fourth-order valence-corrected chi connectivity index (χ4v) is 2.91. The van der Waals surface area contributed by atoms with Crippen LogP contribution in [0.4, 0.5) is 0 Å². The van der Waals surface area contributed by atoms with E-state index in [4.69, 9.17) is 4.65 Å². The van der Waals surface area contributed by atoms with E-state index in [2.05, 4.69) is 39.0 Å². The quantitative estimate of drug-likeness (QED) is 0.788. The molecule has 1 saturated heterocycles. The van der Waals surface area contributed by atoms with Crippen molar-refractivity contribution in [3.63, 3.8) is 0 Å². The van der Waals surface area contributed by atoms with Gasteiger partial charge in [0.1, 0.15) is 0 Å². The van der Waals surface area contributed by atoms with Crippen LogP contribution in [0.5, 0.6) is 0 Å². The van der Waals surface area contributed by atoms with Gasteiger partial charge >= 0.3 is 7.05 Å². The van der Waals surface area contributed by atoms with Crippen molar-refractivity contribution in [3.8, 4) is 0 Å². The molecule has 5 heteroatoms. The van der Waals surface area contributed by atoms with Crippen LogP contribution in [0.1, 0.15) is 43.6 Å². The third kappa shape index (κ3) is 2.28. The molecule has 3 rings (SSSR count). The van der Waals surface area contributed by atoms with Gasteiger partial charge in [0.25, 0.3) is 5.91 Å². The second kappa shape index (κ2) is 4.58. The van der Waals surface area contributed by atoms with E-state index < -0.39 is 0 Å².